The number of carbonyl (C=O) groups is 2. The first-order chi connectivity index (χ1) is 16.2. The van der Waals surface area contributed by atoms with Crippen LogP contribution in [0, 0.1) is 17.7 Å². The fourth-order valence-electron chi connectivity index (χ4n) is 3.58. The van der Waals surface area contributed by atoms with E-state index in [0.717, 1.165) is 0 Å². The number of ether oxygens (including phenoxy) is 2. The van der Waals surface area contributed by atoms with E-state index in [1.165, 1.54) is 23.1 Å². The van der Waals surface area contributed by atoms with Gasteiger partial charge in [0, 0.05) is 44.3 Å². The molecule has 8 nitrogen and oxygen atoms in total. The Morgan fingerprint density at radius 1 is 1.38 bits per heavy atom. The number of aliphatic hydroxyl groups is 1. The topological polar surface area (TPSA) is 101 Å². The van der Waals surface area contributed by atoms with Crippen LogP contribution in [-0.2, 0) is 14.3 Å². The van der Waals surface area contributed by atoms with E-state index in [1.54, 1.807) is 33.2 Å². The molecule has 9 heteroatoms. The predicted molar refractivity (Wildman–Crippen MR) is 125 cm³/mol. The van der Waals surface area contributed by atoms with Crippen LogP contribution < -0.4 is 5.32 Å². The minimum Gasteiger partial charge on any atom is -0.461 e. The van der Waals surface area contributed by atoms with E-state index in [9.17, 15) is 19.1 Å². The number of pyridine rings is 1. The van der Waals surface area contributed by atoms with E-state index in [4.69, 9.17) is 9.47 Å². The highest BCUT2D eigenvalue weighted by Crippen LogP contribution is 2.27. The molecule has 0 bridgehead atoms. The highest BCUT2D eigenvalue weighted by molar-refractivity contribution is 5.94. The van der Waals surface area contributed by atoms with Crippen molar-refractivity contribution in [1.82, 2.24) is 9.88 Å². The largest absolute Gasteiger partial charge is 0.461 e. The van der Waals surface area contributed by atoms with Crippen molar-refractivity contribution in [3.05, 3.63) is 47.4 Å². The van der Waals surface area contributed by atoms with Gasteiger partial charge in [-0.15, -0.1) is 0 Å². The first-order valence-electron chi connectivity index (χ1n) is 10.9. The number of nitrogens with one attached hydrogen (secondary N) is 1. The molecular formula is C25H28FN3O5. The molecule has 0 spiro atoms. The summed E-state index contributed by atoms with van der Waals surface area (Å²) < 4.78 is 25.0. The van der Waals surface area contributed by atoms with Crippen molar-refractivity contribution in [3.8, 4) is 23.1 Å². The molecule has 180 valence electrons. The van der Waals surface area contributed by atoms with E-state index >= 15 is 0 Å². The number of nitrogens with zero attached hydrogens (tertiary/aromatic N) is 2. The molecule has 1 amide bonds. The lowest BCUT2D eigenvalue weighted by Gasteiger charge is -2.17. The number of benzene rings is 1. The summed E-state index contributed by atoms with van der Waals surface area (Å²) in [6.45, 7) is 4.54. The SMILES string of the molecule is CCOC(=O)c1nc(-c2cc(C#C[C@]3(O)CCN(C)C3=O)ccc2F)ccc1NC(C)COC. The highest BCUT2D eigenvalue weighted by atomic mass is 19.1. The molecule has 1 unspecified atom stereocenters. The summed E-state index contributed by atoms with van der Waals surface area (Å²) in [6.07, 6.45) is 0.198. The van der Waals surface area contributed by atoms with E-state index < -0.39 is 23.3 Å². The van der Waals surface area contributed by atoms with Gasteiger partial charge in [-0.25, -0.2) is 14.2 Å². The maximum Gasteiger partial charge on any atom is 0.359 e. The first kappa shape index (κ1) is 25.1. The van der Waals surface area contributed by atoms with Crippen LogP contribution >= 0.6 is 0 Å². The summed E-state index contributed by atoms with van der Waals surface area (Å²) in [6, 6.07) is 7.26. The number of likely N-dealkylation sites (N-methyl/N-ethyl adjacent to an activating group) is 1. The molecule has 2 heterocycles. The monoisotopic (exact) mass is 469 g/mol. The van der Waals surface area contributed by atoms with E-state index in [2.05, 4.69) is 22.1 Å². The molecule has 2 aromatic rings. The molecule has 0 aliphatic carbocycles. The summed E-state index contributed by atoms with van der Waals surface area (Å²) in [5.41, 5.74) is -0.575. The number of carbonyl (C=O) groups excluding carboxylic acids is 2. The third kappa shape index (κ3) is 5.53. The van der Waals surface area contributed by atoms with E-state index in [0.29, 0.717) is 24.4 Å². The fourth-order valence-corrected chi connectivity index (χ4v) is 3.58. The van der Waals surface area contributed by atoms with Gasteiger partial charge in [0.05, 0.1) is 24.6 Å². The lowest BCUT2D eigenvalue weighted by Crippen LogP contribution is -2.37. The molecule has 0 saturated carbocycles. The molecule has 1 aliphatic heterocycles. The van der Waals surface area contributed by atoms with Crippen molar-refractivity contribution in [3.63, 3.8) is 0 Å². The predicted octanol–water partition coefficient (Wildman–Crippen LogP) is 2.46. The van der Waals surface area contributed by atoms with Gasteiger partial charge < -0.3 is 24.8 Å². The average molecular weight is 470 g/mol. The van der Waals surface area contributed by atoms with Crippen LogP contribution in [0.3, 0.4) is 0 Å². The zero-order chi connectivity index (χ0) is 24.9. The number of rotatable bonds is 7. The highest BCUT2D eigenvalue weighted by Gasteiger charge is 2.42. The molecule has 1 aromatic carbocycles. The number of methoxy groups -OCH3 is 1. The Morgan fingerprint density at radius 2 is 2.15 bits per heavy atom. The molecule has 34 heavy (non-hydrogen) atoms. The minimum atomic E-state index is -1.76. The van der Waals surface area contributed by atoms with Crippen molar-refractivity contribution < 1.29 is 28.6 Å². The second kappa shape index (κ2) is 10.6. The van der Waals surface area contributed by atoms with Crippen LogP contribution in [0.15, 0.2) is 30.3 Å². The molecule has 1 fully saturated rings. The summed E-state index contributed by atoms with van der Waals surface area (Å²) >= 11 is 0. The van der Waals surface area contributed by atoms with Crippen molar-refractivity contribution in [2.75, 3.05) is 39.2 Å². The Hall–Kier alpha value is -3.48. The molecule has 3 rings (SSSR count). The summed E-state index contributed by atoms with van der Waals surface area (Å²) in [5.74, 6) is 3.72. The summed E-state index contributed by atoms with van der Waals surface area (Å²) in [4.78, 5) is 30.5. The molecule has 2 atom stereocenters. The van der Waals surface area contributed by atoms with Crippen molar-refractivity contribution >= 4 is 17.6 Å². The molecule has 1 aromatic heterocycles. The van der Waals surface area contributed by atoms with E-state index in [-0.39, 0.29) is 36.0 Å². The van der Waals surface area contributed by atoms with Gasteiger partial charge in [-0.3, -0.25) is 4.79 Å². The average Bonchev–Trinajstić information content (AvgIpc) is 3.07. The van der Waals surface area contributed by atoms with Crippen molar-refractivity contribution in [2.45, 2.75) is 31.9 Å². The van der Waals surface area contributed by atoms with Crippen molar-refractivity contribution in [2.24, 2.45) is 0 Å². The number of amides is 1. The second-order valence-corrected chi connectivity index (χ2v) is 8.10. The molecular weight excluding hydrogens is 441 g/mol. The van der Waals surface area contributed by atoms with Gasteiger partial charge >= 0.3 is 5.97 Å². The van der Waals surface area contributed by atoms with Gasteiger partial charge in [0.2, 0.25) is 5.60 Å². The Balaban J connectivity index is 1.98. The number of halogens is 1. The third-order valence-corrected chi connectivity index (χ3v) is 5.35. The van der Waals surface area contributed by atoms with Crippen LogP contribution in [-0.4, -0.2) is 72.4 Å². The molecule has 1 aliphatic rings. The standard InChI is InChI=1S/C25H28FN3O5/c1-5-34-23(30)22-21(27-16(2)15-33-4)9-8-20(28-22)18-14-17(6-7-19(18)26)10-11-25(32)12-13-29(3)24(25)31/h6-9,14,16,27,32H,5,12-13,15H2,1-4H3/t16?,25-/m0/s1. The zero-order valence-corrected chi connectivity index (χ0v) is 19.6. The normalized spacial score (nSPS) is 18.3. The quantitative estimate of drug-likeness (QED) is 0.475. The zero-order valence-electron chi connectivity index (χ0n) is 19.6. The van der Waals surface area contributed by atoms with Gasteiger partial charge in [0.1, 0.15) is 5.82 Å². The Kier molecular flexibility index (Phi) is 7.87. The number of hydrogen-bond acceptors (Lipinski definition) is 7. The number of likely N-dealkylation sites (tertiary alicyclic amines) is 1. The molecule has 2 N–H and O–H groups in total. The summed E-state index contributed by atoms with van der Waals surface area (Å²) in [7, 11) is 3.17. The van der Waals surface area contributed by atoms with Gasteiger partial charge in [-0.1, -0.05) is 11.8 Å². The molecule has 0 radical (unpaired) electrons. The van der Waals surface area contributed by atoms with Crippen LogP contribution in [0.1, 0.15) is 36.3 Å². The number of esters is 1. The van der Waals surface area contributed by atoms with E-state index in [1.807, 2.05) is 6.92 Å². The summed E-state index contributed by atoms with van der Waals surface area (Å²) in [5, 5.41) is 13.7. The van der Waals surface area contributed by atoms with Crippen LogP contribution in [0.4, 0.5) is 10.1 Å². The number of anilines is 1. The minimum absolute atomic E-state index is 0.0205. The third-order valence-electron chi connectivity index (χ3n) is 5.35. The Labute approximate surface area is 198 Å². The van der Waals surface area contributed by atoms with Crippen LogP contribution in [0.2, 0.25) is 0 Å². The van der Waals surface area contributed by atoms with Gasteiger partial charge in [0.15, 0.2) is 5.69 Å². The van der Waals surface area contributed by atoms with Gasteiger partial charge in [0.25, 0.3) is 5.91 Å². The Morgan fingerprint density at radius 3 is 2.79 bits per heavy atom. The smallest absolute Gasteiger partial charge is 0.359 e. The fraction of sp³-hybridized carbons (Fsp3) is 0.400. The van der Waals surface area contributed by atoms with Gasteiger partial charge in [-0.2, -0.15) is 0 Å². The second-order valence-electron chi connectivity index (χ2n) is 8.10. The lowest BCUT2D eigenvalue weighted by molar-refractivity contribution is -0.137. The maximum absolute atomic E-state index is 14.7. The maximum atomic E-state index is 14.7. The van der Waals surface area contributed by atoms with Crippen LogP contribution in [0.5, 0.6) is 0 Å². The Bertz CT molecular complexity index is 1140. The van der Waals surface area contributed by atoms with Crippen molar-refractivity contribution in [1.29, 1.82) is 0 Å². The van der Waals surface area contributed by atoms with Gasteiger partial charge in [-0.05, 0) is 44.2 Å². The first-order valence-corrected chi connectivity index (χ1v) is 10.9. The van der Waals surface area contributed by atoms with Crippen LogP contribution in [0.25, 0.3) is 11.3 Å². The lowest BCUT2D eigenvalue weighted by atomic mass is 10.0. The number of aromatic nitrogens is 1. The number of hydrogen-bond donors (Lipinski definition) is 2. The molecule has 1 saturated heterocycles.